The Kier molecular flexibility index (Phi) is 2.65. The second kappa shape index (κ2) is 3.75. The van der Waals surface area contributed by atoms with Crippen molar-refractivity contribution in [2.24, 2.45) is 0 Å². The molecule has 1 aromatic heterocycles. The van der Waals surface area contributed by atoms with Gasteiger partial charge in [-0.05, 0) is 31.6 Å². The highest BCUT2D eigenvalue weighted by molar-refractivity contribution is 5.43. The largest absolute Gasteiger partial charge is 0.256 e. The molecule has 0 radical (unpaired) electrons. The SMILES string of the molecule is CC(C)=C=Cc1ccccn1. The summed E-state index contributed by atoms with van der Waals surface area (Å²) in [5.41, 5.74) is 5.21. The highest BCUT2D eigenvalue weighted by atomic mass is 14.6. The molecule has 11 heavy (non-hydrogen) atoms. The van der Waals surface area contributed by atoms with Gasteiger partial charge < -0.3 is 0 Å². The topological polar surface area (TPSA) is 12.9 Å². The highest BCUT2D eigenvalue weighted by Gasteiger charge is 1.80. The molecule has 0 amide bonds. The molecule has 0 fully saturated rings. The van der Waals surface area contributed by atoms with Gasteiger partial charge in [0.1, 0.15) is 0 Å². The first-order valence-corrected chi connectivity index (χ1v) is 3.60. The molecule has 0 atom stereocenters. The molecule has 0 saturated carbocycles. The van der Waals surface area contributed by atoms with Crippen LogP contribution in [0.25, 0.3) is 6.08 Å². The van der Waals surface area contributed by atoms with Crippen molar-refractivity contribution in [3.63, 3.8) is 0 Å². The van der Waals surface area contributed by atoms with E-state index in [-0.39, 0.29) is 0 Å². The van der Waals surface area contributed by atoms with Crippen LogP contribution in [0.15, 0.2) is 35.7 Å². The van der Waals surface area contributed by atoms with E-state index in [0.29, 0.717) is 0 Å². The third-order valence-corrected chi connectivity index (χ3v) is 1.20. The van der Waals surface area contributed by atoms with E-state index in [4.69, 9.17) is 0 Å². The van der Waals surface area contributed by atoms with E-state index in [0.717, 1.165) is 11.3 Å². The summed E-state index contributed by atoms with van der Waals surface area (Å²) in [6.07, 6.45) is 3.66. The van der Waals surface area contributed by atoms with Gasteiger partial charge in [-0.15, -0.1) is 5.73 Å². The Hall–Kier alpha value is -1.33. The van der Waals surface area contributed by atoms with Gasteiger partial charge in [0.05, 0.1) is 5.69 Å². The number of nitrogens with zero attached hydrogens (tertiary/aromatic N) is 1. The number of pyridine rings is 1. The van der Waals surface area contributed by atoms with Gasteiger partial charge in [0.2, 0.25) is 0 Å². The fraction of sp³-hybridized carbons (Fsp3) is 0.200. The van der Waals surface area contributed by atoms with Crippen molar-refractivity contribution in [2.75, 3.05) is 0 Å². The van der Waals surface area contributed by atoms with Crippen LogP contribution in [0.5, 0.6) is 0 Å². The smallest absolute Gasteiger partial charge is 0.0706 e. The maximum atomic E-state index is 4.12. The Morgan fingerprint density at radius 1 is 1.45 bits per heavy atom. The van der Waals surface area contributed by atoms with Crippen LogP contribution in [0.2, 0.25) is 0 Å². The molecule has 0 aliphatic rings. The zero-order chi connectivity index (χ0) is 8.10. The summed E-state index contributed by atoms with van der Waals surface area (Å²) in [6.45, 7) is 4.03. The predicted octanol–water partition coefficient (Wildman–Crippen LogP) is 2.66. The zero-order valence-corrected chi connectivity index (χ0v) is 6.83. The zero-order valence-electron chi connectivity index (χ0n) is 6.83. The third kappa shape index (κ3) is 2.83. The van der Waals surface area contributed by atoms with Crippen LogP contribution < -0.4 is 0 Å². The molecule has 0 aliphatic carbocycles. The fourth-order valence-corrected chi connectivity index (χ4v) is 0.680. The highest BCUT2D eigenvalue weighted by Crippen LogP contribution is 1.95. The first kappa shape index (κ1) is 7.77. The summed E-state index contributed by atoms with van der Waals surface area (Å²) in [7, 11) is 0. The number of rotatable bonds is 1. The molecule has 56 valence electrons. The molecule has 0 unspecified atom stereocenters. The van der Waals surface area contributed by atoms with Crippen LogP contribution in [-0.2, 0) is 0 Å². The van der Waals surface area contributed by atoms with Crippen molar-refractivity contribution in [1.82, 2.24) is 4.98 Å². The lowest BCUT2D eigenvalue weighted by Gasteiger charge is -1.86. The normalized spacial score (nSPS) is 8.55. The Labute approximate surface area is 67.1 Å². The maximum absolute atomic E-state index is 4.12. The minimum absolute atomic E-state index is 0.953. The molecular weight excluding hydrogens is 134 g/mol. The molecule has 1 nitrogen and oxygen atoms in total. The molecule has 0 spiro atoms. The van der Waals surface area contributed by atoms with Crippen molar-refractivity contribution in [3.8, 4) is 0 Å². The Morgan fingerprint density at radius 3 is 2.82 bits per heavy atom. The predicted molar refractivity (Wildman–Crippen MR) is 47.1 cm³/mol. The molecule has 1 heteroatoms. The first-order valence-electron chi connectivity index (χ1n) is 3.60. The van der Waals surface area contributed by atoms with Gasteiger partial charge in [-0.25, -0.2) is 0 Å². The molecular formula is C10H11N. The van der Waals surface area contributed by atoms with Gasteiger partial charge in [-0.2, -0.15) is 0 Å². The Morgan fingerprint density at radius 2 is 2.27 bits per heavy atom. The van der Waals surface area contributed by atoms with E-state index in [9.17, 15) is 0 Å². The number of allylic oxidation sites excluding steroid dienone is 1. The molecule has 0 aromatic carbocycles. The number of hydrogen-bond donors (Lipinski definition) is 0. The van der Waals surface area contributed by atoms with Crippen LogP contribution in [0.1, 0.15) is 19.5 Å². The lowest BCUT2D eigenvalue weighted by molar-refractivity contribution is 1.29. The summed E-state index contributed by atoms with van der Waals surface area (Å²) in [6, 6.07) is 5.82. The van der Waals surface area contributed by atoms with E-state index < -0.39 is 0 Å². The first-order chi connectivity index (χ1) is 5.29. The molecule has 0 saturated heterocycles. The lowest BCUT2D eigenvalue weighted by atomic mass is 10.3. The van der Waals surface area contributed by atoms with Crippen LogP contribution in [0.4, 0.5) is 0 Å². The van der Waals surface area contributed by atoms with Gasteiger partial charge in [-0.1, -0.05) is 6.07 Å². The summed E-state index contributed by atoms with van der Waals surface area (Å²) >= 11 is 0. The molecule has 0 bridgehead atoms. The van der Waals surface area contributed by atoms with Crippen LogP contribution >= 0.6 is 0 Å². The molecule has 0 aliphatic heterocycles. The van der Waals surface area contributed by atoms with Gasteiger partial charge >= 0.3 is 0 Å². The van der Waals surface area contributed by atoms with Crippen molar-refractivity contribution in [3.05, 3.63) is 41.4 Å². The van der Waals surface area contributed by atoms with Crippen LogP contribution in [0.3, 0.4) is 0 Å². The molecule has 1 aromatic rings. The van der Waals surface area contributed by atoms with Crippen molar-refractivity contribution < 1.29 is 0 Å². The molecule has 1 heterocycles. The average Bonchev–Trinajstić information content (AvgIpc) is 2.03. The van der Waals surface area contributed by atoms with Gasteiger partial charge in [-0.3, -0.25) is 4.98 Å². The molecule has 1 rings (SSSR count). The quantitative estimate of drug-likeness (QED) is 0.553. The second-order valence-electron chi connectivity index (χ2n) is 2.54. The van der Waals surface area contributed by atoms with E-state index in [2.05, 4.69) is 10.7 Å². The Bertz CT molecular complexity index is 275. The average molecular weight is 145 g/mol. The van der Waals surface area contributed by atoms with E-state index in [1.807, 2.05) is 38.1 Å². The van der Waals surface area contributed by atoms with Gasteiger partial charge in [0.15, 0.2) is 0 Å². The second-order valence-corrected chi connectivity index (χ2v) is 2.54. The van der Waals surface area contributed by atoms with E-state index in [1.54, 1.807) is 6.20 Å². The van der Waals surface area contributed by atoms with Crippen molar-refractivity contribution >= 4 is 6.08 Å². The minimum Gasteiger partial charge on any atom is -0.256 e. The lowest BCUT2D eigenvalue weighted by Crippen LogP contribution is -1.74. The van der Waals surface area contributed by atoms with Crippen molar-refractivity contribution in [2.45, 2.75) is 13.8 Å². The fourth-order valence-electron chi connectivity index (χ4n) is 0.680. The standard InChI is InChI=1S/C10H11N/c1-9(2)6-7-10-5-3-4-8-11-10/h3-5,7-8H,1-2H3. The summed E-state index contributed by atoms with van der Waals surface area (Å²) < 4.78 is 0. The van der Waals surface area contributed by atoms with Crippen LogP contribution in [0, 0.1) is 0 Å². The van der Waals surface area contributed by atoms with E-state index in [1.165, 1.54) is 0 Å². The Balaban J connectivity index is 2.89. The molecule has 0 N–H and O–H groups in total. The van der Waals surface area contributed by atoms with E-state index >= 15 is 0 Å². The van der Waals surface area contributed by atoms with Gasteiger partial charge in [0, 0.05) is 12.3 Å². The monoisotopic (exact) mass is 145 g/mol. The minimum atomic E-state index is 0.953. The number of hydrogen-bond acceptors (Lipinski definition) is 1. The summed E-state index contributed by atoms with van der Waals surface area (Å²) in [5.74, 6) is 0. The third-order valence-electron chi connectivity index (χ3n) is 1.20. The maximum Gasteiger partial charge on any atom is 0.0706 e. The van der Waals surface area contributed by atoms with Gasteiger partial charge in [0.25, 0.3) is 0 Å². The summed E-state index contributed by atoms with van der Waals surface area (Å²) in [5, 5.41) is 0. The van der Waals surface area contributed by atoms with Crippen molar-refractivity contribution in [1.29, 1.82) is 0 Å². The van der Waals surface area contributed by atoms with Crippen LogP contribution in [-0.4, -0.2) is 4.98 Å². The number of aromatic nitrogens is 1. The summed E-state index contributed by atoms with van der Waals surface area (Å²) in [4.78, 5) is 4.12.